The summed E-state index contributed by atoms with van der Waals surface area (Å²) in [5, 5.41) is 25.7. The van der Waals surface area contributed by atoms with Crippen molar-refractivity contribution < 1.29 is 28.9 Å². The molecular formula is C37H35Cl2FN6O6. The van der Waals surface area contributed by atoms with Crippen LogP contribution in [0.2, 0.25) is 10.0 Å². The fourth-order valence-electron chi connectivity index (χ4n) is 6.17. The summed E-state index contributed by atoms with van der Waals surface area (Å²) in [4.78, 5) is 46.7. The lowest BCUT2D eigenvalue weighted by atomic mass is 9.97. The Kier molecular flexibility index (Phi) is 11.1. The van der Waals surface area contributed by atoms with Gasteiger partial charge in [-0.2, -0.15) is 0 Å². The third-order valence-corrected chi connectivity index (χ3v) is 9.60. The van der Waals surface area contributed by atoms with Gasteiger partial charge in [0.2, 0.25) is 11.8 Å². The number of nitrogens with zero attached hydrogens (tertiary/aromatic N) is 4. The first-order valence-electron chi connectivity index (χ1n) is 16.4. The van der Waals surface area contributed by atoms with E-state index in [2.05, 4.69) is 20.6 Å². The third kappa shape index (κ3) is 7.72. The number of rotatable bonds is 12. The molecule has 1 fully saturated rings. The van der Waals surface area contributed by atoms with Crippen LogP contribution in [0.1, 0.15) is 30.9 Å². The van der Waals surface area contributed by atoms with Crippen LogP contribution in [0.15, 0.2) is 71.8 Å². The van der Waals surface area contributed by atoms with Gasteiger partial charge in [0, 0.05) is 78.4 Å². The van der Waals surface area contributed by atoms with Gasteiger partial charge in [-0.25, -0.2) is 19.2 Å². The molecule has 0 aliphatic carbocycles. The number of methoxy groups -OCH3 is 1. The average molecular weight is 750 g/mol. The largest absolute Gasteiger partial charge is 0.481 e. The van der Waals surface area contributed by atoms with Gasteiger partial charge in [-0.15, -0.1) is 0 Å². The smallest absolute Gasteiger partial charge is 0.407 e. The molecule has 1 aliphatic rings. The Hall–Kier alpha value is -5.08. The topological polar surface area (TPSA) is 158 Å². The number of benzene rings is 2. The number of carbonyl (C=O) groups is 2. The normalized spacial score (nSPS) is 14.7. The molecule has 2 aromatic carbocycles. The number of carboxylic acid groups (broad SMARTS) is 1. The molecule has 0 bridgehead atoms. The van der Waals surface area contributed by atoms with Gasteiger partial charge in [0.15, 0.2) is 0 Å². The van der Waals surface area contributed by atoms with E-state index in [9.17, 15) is 24.6 Å². The molecule has 2 atom stereocenters. The minimum absolute atomic E-state index is 0.0163. The van der Waals surface area contributed by atoms with Gasteiger partial charge in [-0.3, -0.25) is 14.0 Å². The monoisotopic (exact) mass is 748 g/mol. The summed E-state index contributed by atoms with van der Waals surface area (Å²) in [6.45, 7) is 1.90. The summed E-state index contributed by atoms with van der Waals surface area (Å²) in [5.74, 6) is -1.00. The zero-order valence-electron chi connectivity index (χ0n) is 28.2. The van der Waals surface area contributed by atoms with E-state index in [1.54, 1.807) is 49.5 Å². The molecule has 15 heteroatoms. The van der Waals surface area contributed by atoms with E-state index in [1.165, 1.54) is 23.8 Å². The highest BCUT2D eigenvalue weighted by atomic mass is 35.5. The lowest BCUT2D eigenvalue weighted by Crippen LogP contribution is -2.41. The first-order chi connectivity index (χ1) is 24.9. The van der Waals surface area contributed by atoms with Crippen LogP contribution in [-0.4, -0.2) is 73.8 Å². The van der Waals surface area contributed by atoms with Gasteiger partial charge >= 0.3 is 6.09 Å². The number of halogens is 3. The second-order valence-electron chi connectivity index (χ2n) is 12.5. The van der Waals surface area contributed by atoms with E-state index in [1.807, 2.05) is 12.1 Å². The SMILES string of the molecule is COc1nc(-c2cccc(-c3cccc(-c4ccn5c(=O)c(CNC[C@H](C)O)cnc5c4)c3Cl)c2Cl)cc(F)c1CN(C[C@@H]1CCC(=O)N1)C(=O)O. The molecule has 1 aliphatic heterocycles. The van der Waals surface area contributed by atoms with Crippen molar-refractivity contribution in [2.45, 2.75) is 45.0 Å². The molecule has 5 aromatic rings. The van der Waals surface area contributed by atoms with E-state index >= 15 is 4.39 Å². The van der Waals surface area contributed by atoms with E-state index in [0.29, 0.717) is 63.4 Å². The van der Waals surface area contributed by atoms with Crippen molar-refractivity contribution in [3.05, 3.63) is 104 Å². The van der Waals surface area contributed by atoms with Crippen molar-refractivity contribution in [2.75, 3.05) is 20.2 Å². The highest BCUT2D eigenvalue weighted by Gasteiger charge is 2.28. The van der Waals surface area contributed by atoms with Crippen molar-refractivity contribution in [3.63, 3.8) is 0 Å². The lowest BCUT2D eigenvalue weighted by Gasteiger charge is -2.24. The Balaban J connectivity index is 1.30. The van der Waals surface area contributed by atoms with Gasteiger partial charge in [0.05, 0.1) is 41.1 Å². The zero-order chi connectivity index (χ0) is 37.1. The molecule has 0 spiro atoms. The third-order valence-electron chi connectivity index (χ3n) is 8.78. The molecule has 0 saturated carbocycles. The Morgan fingerprint density at radius 2 is 1.81 bits per heavy atom. The minimum atomic E-state index is -1.28. The zero-order valence-corrected chi connectivity index (χ0v) is 29.7. The number of aliphatic hydroxyl groups is 1. The molecule has 1 saturated heterocycles. The first-order valence-corrected chi connectivity index (χ1v) is 17.2. The molecular weight excluding hydrogens is 714 g/mol. The number of fused-ring (bicyclic) bond motifs is 1. The van der Waals surface area contributed by atoms with Crippen molar-refractivity contribution in [3.8, 4) is 39.4 Å². The number of ether oxygens (including phenoxy) is 1. The fraction of sp³-hybridized carbons (Fsp3) is 0.270. The van der Waals surface area contributed by atoms with Crippen LogP contribution >= 0.6 is 23.2 Å². The van der Waals surface area contributed by atoms with Crippen molar-refractivity contribution in [1.29, 1.82) is 0 Å². The summed E-state index contributed by atoms with van der Waals surface area (Å²) < 4.78 is 22.6. The molecule has 3 aromatic heterocycles. The quantitative estimate of drug-likeness (QED) is 0.124. The first kappa shape index (κ1) is 36.7. The molecule has 0 radical (unpaired) electrons. The van der Waals surface area contributed by atoms with Crippen LogP contribution in [0.25, 0.3) is 39.2 Å². The molecule has 6 rings (SSSR count). The van der Waals surface area contributed by atoms with Gasteiger partial charge in [-0.1, -0.05) is 59.6 Å². The van der Waals surface area contributed by atoms with Crippen LogP contribution in [0, 0.1) is 5.82 Å². The molecule has 12 nitrogen and oxygen atoms in total. The number of nitrogens with one attached hydrogen (secondary N) is 2. The van der Waals surface area contributed by atoms with E-state index < -0.39 is 18.0 Å². The van der Waals surface area contributed by atoms with Gasteiger partial charge < -0.3 is 30.5 Å². The fourth-order valence-corrected chi connectivity index (χ4v) is 6.83. The highest BCUT2D eigenvalue weighted by molar-refractivity contribution is 6.39. The standard InChI is InChI=1S/C37H35Cl2FN6O6/c1-20(47)15-41-16-22-17-42-31-13-21(11-12-46(31)36(22)49)24-5-3-6-25(33(24)38)26-7-4-8-27(34(26)39)30-14-29(40)28(35(44-30)52-2)19-45(37(50)51)18-23-9-10-32(48)43-23/h3-8,11-14,17,20,23,41,47H,9-10,15-16,18-19H2,1-2H3,(H,43,48)(H,50,51)/t20-,23-/m0/s1. The van der Waals surface area contributed by atoms with E-state index in [4.69, 9.17) is 27.9 Å². The Bertz CT molecular complexity index is 2230. The Labute approximate surface area is 307 Å². The molecule has 4 N–H and O–H groups in total. The summed E-state index contributed by atoms with van der Waals surface area (Å²) in [6, 6.07) is 15.0. The van der Waals surface area contributed by atoms with E-state index in [-0.39, 0.29) is 59.3 Å². The summed E-state index contributed by atoms with van der Waals surface area (Å²) in [5.41, 5.74) is 3.66. The molecule has 2 amide bonds. The van der Waals surface area contributed by atoms with Crippen molar-refractivity contribution in [2.24, 2.45) is 0 Å². The molecule has 270 valence electrons. The summed E-state index contributed by atoms with van der Waals surface area (Å²) in [7, 11) is 1.31. The van der Waals surface area contributed by atoms with Crippen LogP contribution in [-0.2, 0) is 17.9 Å². The predicted molar refractivity (Wildman–Crippen MR) is 195 cm³/mol. The predicted octanol–water partition coefficient (Wildman–Crippen LogP) is 5.77. The lowest BCUT2D eigenvalue weighted by molar-refractivity contribution is -0.119. The highest BCUT2D eigenvalue weighted by Crippen LogP contribution is 2.42. The van der Waals surface area contributed by atoms with Gasteiger partial charge in [0.1, 0.15) is 11.5 Å². The maximum Gasteiger partial charge on any atom is 0.407 e. The molecule has 52 heavy (non-hydrogen) atoms. The van der Waals surface area contributed by atoms with Crippen LogP contribution < -0.4 is 20.9 Å². The molecule has 4 heterocycles. The second-order valence-corrected chi connectivity index (χ2v) is 13.2. The number of carbonyl (C=O) groups excluding carboxylic acids is 1. The number of aliphatic hydroxyl groups excluding tert-OH is 1. The Morgan fingerprint density at radius 1 is 1.12 bits per heavy atom. The molecule has 0 unspecified atom stereocenters. The summed E-state index contributed by atoms with van der Waals surface area (Å²) >= 11 is 14.0. The maximum atomic E-state index is 15.8. The van der Waals surface area contributed by atoms with Crippen LogP contribution in [0.5, 0.6) is 5.88 Å². The number of hydrogen-bond acceptors (Lipinski definition) is 8. The maximum absolute atomic E-state index is 15.8. The van der Waals surface area contributed by atoms with Crippen LogP contribution in [0.3, 0.4) is 0 Å². The Morgan fingerprint density at radius 3 is 2.46 bits per heavy atom. The second kappa shape index (κ2) is 15.7. The minimum Gasteiger partial charge on any atom is -0.481 e. The average Bonchev–Trinajstić information content (AvgIpc) is 3.53. The summed E-state index contributed by atoms with van der Waals surface area (Å²) in [6.07, 6.45) is 2.11. The van der Waals surface area contributed by atoms with Gasteiger partial charge in [-0.05, 0) is 31.0 Å². The van der Waals surface area contributed by atoms with Gasteiger partial charge in [0.25, 0.3) is 5.56 Å². The number of pyridine rings is 2. The van der Waals surface area contributed by atoms with Crippen molar-refractivity contribution in [1.82, 2.24) is 29.9 Å². The van der Waals surface area contributed by atoms with Crippen LogP contribution in [0.4, 0.5) is 9.18 Å². The van der Waals surface area contributed by atoms with E-state index in [0.717, 1.165) is 4.90 Å². The number of hydrogen-bond donors (Lipinski definition) is 4. The van der Waals surface area contributed by atoms with Crippen molar-refractivity contribution >= 4 is 40.8 Å². The number of amides is 2. The number of aromatic nitrogens is 3.